The van der Waals surface area contributed by atoms with Crippen LogP contribution in [-0.4, -0.2) is 41.9 Å². The van der Waals surface area contributed by atoms with Gasteiger partial charge in [0, 0.05) is 5.56 Å². The Labute approximate surface area is 197 Å². The zero-order chi connectivity index (χ0) is 24.1. The zero-order valence-corrected chi connectivity index (χ0v) is 19.2. The van der Waals surface area contributed by atoms with Gasteiger partial charge in [0.15, 0.2) is 5.69 Å². The van der Waals surface area contributed by atoms with Crippen molar-refractivity contribution >= 4 is 17.9 Å². The minimum Gasteiger partial charge on any atom is -0.465 e. The van der Waals surface area contributed by atoms with Crippen molar-refractivity contribution in [2.45, 2.75) is 32.1 Å². The van der Waals surface area contributed by atoms with E-state index in [0.29, 0.717) is 17.0 Å². The number of aromatic nitrogens is 2. The predicted molar refractivity (Wildman–Crippen MR) is 124 cm³/mol. The summed E-state index contributed by atoms with van der Waals surface area (Å²) in [6, 6.07) is 15.7. The lowest BCUT2D eigenvalue weighted by Gasteiger charge is -2.19. The number of esters is 3. The number of carbonyl (C=O) groups excluding carboxylic acids is 3. The van der Waals surface area contributed by atoms with Gasteiger partial charge in [-0.05, 0) is 37.1 Å². The van der Waals surface area contributed by atoms with Gasteiger partial charge in [-0.3, -0.25) is 4.79 Å². The molecule has 0 saturated heterocycles. The predicted octanol–water partition coefficient (Wildman–Crippen LogP) is 4.60. The Bertz CT molecular complexity index is 1200. The maximum atomic E-state index is 12.8. The van der Waals surface area contributed by atoms with E-state index < -0.39 is 11.9 Å². The first-order valence-electron chi connectivity index (χ1n) is 11.2. The number of methoxy groups -OCH3 is 2. The fourth-order valence-corrected chi connectivity index (χ4v) is 4.20. The van der Waals surface area contributed by atoms with E-state index in [1.165, 1.54) is 18.9 Å². The van der Waals surface area contributed by atoms with Crippen molar-refractivity contribution in [2.24, 2.45) is 5.92 Å². The third-order valence-electron chi connectivity index (χ3n) is 5.92. The summed E-state index contributed by atoms with van der Waals surface area (Å²) in [5.74, 6) is -1.48. The molecule has 34 heavy (non-hydrogen) atoms. The SMILES string of the molecule is COC(=O)c1c(-c2cccc(OC(=O)C3CCCCC3)c2)nn(-c2ccccc2)c1C(=O)OC. The van der Waals surface area contributed by atoms with Crippen LogP contribution in [0.15, 0.2) is 54.6 Å². The Morgan fingerprint density at radius 1 is 0.882 bits per heavy atom. The van der Waals surface area contributed by atoms with Crippen molar-refractivity contribution in [1.82, 2.24) is 9.78 Å². The van der Waals surface area contributed by atoms with Crippen LogP contribution in [0.4, 0.5) is 0 Å². The molecule has 1 saturated carbocycles. The summed E-state index contributed by atoms with van der Waals surface area (Å²) in [5.41, 5.74) is 1.19. The molecule has 1 fully saturated rings. The van der Waals surface area contributed by atoms with Crippen LogP contribution in [-0.2, 0) is 14.3 Å². The quantitative estimate of drug-likeness (QED) is 0.390. The smallest absolute Gasteiger partial charge is 0.357 e. The third-order valence-corrected chi connectivity index (χ3v) is 5.92. The summed E-state index contributed by atoms with van der Waals surface area (Å²) >= 11 is 0. The van der Waals surface area contributed by atoms with Crippen LogP contribution in [0, 0.1) is 5.92 Å². The number of hydrogen-bond acceptors (Lipinski definition) is 7. The molecule has 0 unspecified atom stereocenters. The highest BCUT2D eigenvalue weighted by molar-refractivity contribution is 6.06. The van der Waals surface area contributed by atoms with Gasteiger partial charge in [-0.25, -0.2) is 14.3 Å². The van der Waals surface area contributed by atoms with E-state index in [4.69, 9.17) is 14.2 Å². The molecule has 176 valence electrons. The second-order valence-corrected chi connectivity index (χ2v) is 8.09. The van der Waals surface area contributed by atoms with Gasteiger partial charge in [-0.15, -0.1) is 0 Å². The monoisotopic (exact) mass is 462 g/mol. The Morgan fingerprint density at radius 2 is 1.59 bits per heavy atom. The first-order valence-corrected chi connectivity index (χ1v) is 11.2. The van der Waals surface area contributed by atoms with Crippen molar-refractivity contribution in [2.75, 3.05) is 14.2 Å². The molecule has 1 aliphatic carbocycles. The molecule has 0 N–H and O–H groups in total. The minimum atomic E-state index is -0.734. The molecule has 0 aliphatic heterocycles. The number of hydrogen-bond donors (Lipinski definition) is 0. The number of benzene rings is 2. The van der Waals surface area contributed by atoms with Crippen LogP contribution in [0.1, 0.15) is 53.0 Å². The Morgan fingerprint density at radius 3 is 2.26 bits per heavy atom. The number of para-hydroxylation sites is 1. The molecule has 1 aliphatic rings. The van der Waals surface area contributed by atoms with Gasteiger partial charge in [0.2, 0.25) is 0 Å². The average molecular weight is 463 g/mol. The van der Waals surface area contributed by atoms with E-state index in [9.17, 15) is 14.4 Å². The van der Waals surface area contributed by atoms with Crippen LogP contribution in [0.5, 0.6) is 5.75 Å². The molecule has 2 aromatic carbocycles. The molecule has 8 heteroatoms. The van der Waals surface area contributed by atoms with Crippen molar-refractivity contribution < 1.29 is 28.6 Å². The average Bonchev–Trinajstić information content (AvgIpc) is 3.30. The van der Waals surface area contributed by atoms with Crippen LogP contribution in [0.3, 0.4) is 0 Å². The van der Waals surface area contributed by atoms with E-state index in [2.05, 4.69) is 5.10 Å². The number of ether oxygens (including phenoxy) is 3. The molecular formula is C26H26N2O6. The van der Waals surface area contributed by atoms with E-state index in [1.807, 2.05) is 6.07 Å². The van der Waals surface area contributed by atoms with Crippen LogP contribution in [0.25, 0.3) is 16.9 Å². The van der Waals surface area contributed by atoms with Gasteiger partial charge in [0.1, 0.15) is 17.0 Å². The standard InChI is InChI=1S/C26H26N2O6/c1-32-25(30)21-22(27-28(23(21)26(31)33-2)19-13-7-4-8-14-19)18-12-9-15-20(16-18)34-24(29)17-10-5-3-6-11-17/h4,7-9,12-17H,3,5-6,10-11H2,1-2H3. The summed E-state index contributed by atoms with van der Waals surface area (Å²) in [7, 11) is 2.46. The van der Waals surface area contributed by atoms with E-state index in [-0.39, 0.29) is 28.8 Å². The van der Waals surface area contributed by atoms with Gasteiger partial charge in [-0.2, -0.15) is 5.10 Å². The molecule has 1 heterocycles. The highest BCUT2D eigenvalue weighted by Crippen LogP contribution is 2.32. The Kier molecular flexibility index (Phi) is 7.06. The maximum Gasteiger partial charge on any atom is 0.357 e. The zero-order valence-electron chi connectivity index (χ0n) is 19.2. The maximum absolute atomic E-state index is 12.8. The first-order chi connectivity index (χ1) is 16.5. The molecule has 0 spiro atoms. The summed E-state index contributed by atoms with van der Waals surface area (Å²) in [6.45, 7) is 0. The lowest BCUT2D eigenvalue weighted by atomic mass is 9.89. The van der Waals surface area contributed by atoms with Crippen molar-refractivity contribution in [3.8, 4) is 22.7 Å². The fraction of sp³-hybridized carbons (Fsp3) is 0.308. The van der Waals surface area contributed by atoms with E-state index >= 15 is 0 Å². The largest absolute Gasteiger partial charge is 0.465 e. The molecule has 1 aromatic heterocycles. The molecule has 0 atom stereocenters. The van der Waals surface area contributed by atoms with Crippen LogP contribution >= 0.6 is 0 Å². The van der Waals surface area contributed by atoms with Gasteiger partial charge < -0.3 is 14.2 Å². The Balaban J connectivity index is 1.78. The normalized spacial score (nSPS) is 13.8. The molecule has 0 bridgehead atoms. The molecule has 3 aromatic rings. The van der Waals surface area contributed by atoms with Crippen molar-refractivity contribution in [3.63, 3.8) is 0 Å². The fourth-order valence-electron chi connectivity index (χ4n) is 4.20. The van der Waals surface area contributed by atoms with Gasteiger partial charge in [0.05, 0.1) is 25.8 Å². The van der Waals surface area contributed by atoms with Crippen molar-refractivity contribution in [1.29, 1.82) is 0 Å². The Hall–Kier alpha value is -3.94. The lowest BCUT2D eigenvalue weighted by molar-refractivity contribution is -0.139. The first kappa shape index (κ1) is 23.2. The summed E-state index contributed by atoms with van der Waals surface area (Å²) in [5, 5.41) is 4.57. The summed E-state index contributed by atoms with van der Waals surface area (Å²) in [4.78, 5) is 38.1. The van der Waals surface area contributed by atoms with E-state index in [1.54, 1.807) is 48.5 Å². The summed E-state index contributed by atoms with van der Waals surface area (Å²) < 4.78 is 16.9. The minimum absolute atomic E-state index is 0.0334. The highest BCUT2D eigenvalue weighted by Gasteiger charge is 2.31. The molecular weight excluding hydrogens is 436 g/mol. The van der Waals surface area contributed by atoms with Crippen molar-refractivity contribution in [3.05, 3.63) is 65.9 Å². The van der Waals surface area contributed by atoms with Gasteiger partial charge >= 0.3 is 17.9 Å². The number of nitrogens with zero attached hydrogens (tertiary/aromatic N) is 2. The molecule has 0 radical (unpaired) electrons. The molecule has 8 nitrogen and oxygen atoms in total. The molecule has 4 rings (SSSR count). The van der Waals surface area contributed by atoms with Crippen LogP contribution < -0.4 is 4.74 Å². The van der Waals surface area contributed by atoms with Gasteiger partial charge in [-0.1, -0.05) is 49.6 Å². The lowest BCUT2D eigenvalue weighted by Crippen LogP contribution is -2.22. The molecule has 0 amide bonds. The third kappa shape index (κ3) is 4.71. The number of carbonyl (C=O) groups is 3. The van der Waals surface area contributed by atoms with E-state index in [0.717, 1.165) is 32.1 Å². The second-order valence-electron chi connectivity index (χ2n) is 8.09. The van der Waals surface area contributed by atoms with Crippen LogP contribution in [0.2, 0.25) is 0 Å². The van der Waals surface area contributed by atoms with Gasteiger partial charge in [0.25, 0.3) is 0 Å². The topological polar surface area (TPSA) is 96.7 Å². The summed E-state index contributed by atoms with van der Waals surface area (Å²) in [6.07, 6.45) is 4.84. The second kappa shape index (κ2) is 10.3. The number of rotatable bonds is 6. The highest BCUT2D eigenvalue weighted by atomic mass is 16.5.